The van der Waals surface area contributed by atoms with Crippen LogP contribution in [0.5, 0.6) is 0 Å². The van der Waals surface area contributed by atoms with E-state index in [2.05, 4.69) is 10.1 Å². The van der Waals surface area contributed by atoms with Crippen LogP contribution in [-0.2, 0) is 9.53 Å². The molecule has 0 aromatic heterocycles. The lowest BCUT2D eigenvalue weighted by atomic mass is 9.91. The van der Waals surface area contributed by atoms with Gasteiger partial charge in [-0.15, -0.1) is 12.4 Å². The number of halogens is 3. The molecule has 0 saturated carbocycles. The van der Waals surface area contributed by atoms with E-state index >= 15 is 0 Å². The molecule has 0 aromatic carbocycles. The lowest BCUT2D eigenvalue weighted by molar-refractivity contribution is -0.174. The van der Waals surface area contributed by atoms with Crippen molar-refractivity contribution in [1.82, 2.24) is 5.32 Å². The van der Waals surface area contributed by atoms with Crippen LogP contribution in [0.3, 0.4) is 0 Å². The minimum atomic E-state index is -3.32. The van der Waals surface area contributed by atoms with Crippen LogP contribution in [0.15, 0.2) is 0 Å². The molecule has 1 aliphatic rings. The van der Waals surface area contributed by atoms with Crippen molar-refractivity contribution in [3.05, 3.63) is 0 Å². The van der Waals surface area contributed by atoms with Crippen LogP contribution in [0.1, 0.15) is 26.2 Å². The summed E-state index contributed by atoms with van der Waals surface area (Å²) in [7, 11) is 0. The average Bonchev–Trinajstić information content (AvgIpc) is 2.19. The molecule has 96 valence electrons. The van der Waals surface area contributed by atoms with Crippen molar-refractivity contribution >= 4 is 18.4 Å². The Kier molecular flexibility index (Phi) is 6.83. The summed E-state index contributed by atoms with van der Waals surface area (Å²) in [6.45, 7) is 3.03. The summed E-state index contributed by atoms with van der Waals surface area (Å²) in [5.41, 5.74) is 0. The topological polar surface area (TPSA) is 38.3 Å². The van der Waals surface area contributed by atoms with E-state index in [1.165, 1.54) is 6.92 Å². The standard InChI is InChI=1S/C10H17F2NO2.ClH/c1-2-15-9(14)10(11,12)7-8-3-5-13-6-4-8;/h8,13H,2-7H2,1H3;1H. The fourth-order valence-electron chi connectivity index (χ4n) is 1.77. The maximum Gasteiger partial charge on any atom is 0.376 e. The van der Waals surface area contributed by atoms with E-state index in [1.54, 1.807) is 0 Å². The largest absolute Gasteiger partial charge is 0.462 e. The average molecular weight is 258 g/mol. The molecule has 0 aliphatic carbocycles. The van der Waals surface area contributed by atoms with Gasteiger partial charge in [-0.05, 0) is 38.8 Å². The molecule has 1 rings (SSSR count). The van der Waals surface area contributed by atoms with Crippen LogP contribution in [0.2, 0.25) is 0 Å². The lowest BCUT2D eigenvalue weighted by Gasteiger charge is -2.25. The molecule has 0 atom stereocenters. The summed E-state index contributed by atoms with van der Waals surface area (Å²) in [6, 6.07) is 0. The number of hydrogen-bond acceptors (Lipinski definition) is 3. The number of hydrogen-bond donors (Lipinski definition) is 1. The van der Waals surface area contributed by atoms with Crippen molar-refractivity contribution in [2.45, 2.75) is 32.1 Å². The van der Waals surface area contributed by atoms with E-state index < -0.39 is 11.9 Å². The zero-order valence-corrected chi connectivity index (χ0v) is 10.1. The van der Waals surface area contributed by atoms with Gasteiger partial charge in [0.05, 0.1) is 6.61 Å². The van der Waals surface area contributed by atoms with Gasteiger partial charge in [0.2, 0.25) is 0 Å². The lowest BCUT2D eigenvalue weighted by Crippen LogP contribution is -2.36. The molecule has 0 radical (unpaired) electrons. The molecule has 0 spiro atoms. The number of alkyl halides is 2. The number of carbonyl (C=O) groups is 1. The molecule has 0 bridgehead atoms. The number of piperidine rings is 1. The van der Waals surface area contributed by atoms with Crippen molar-refractivity contribution in [2.75, 3.05) is 19.7 Å². The third-order valence-corrected chi connectivity index (χ3v) is 2.58. The summed E-state index contributed by atoms with van der Waals surface area (Å²) in [6.07, 6.45) is 1.03. The minimum Gasteiger partial charge on any atom is -0.462 e. The second-order valence-corrected chi connectivity index (χ2v) is 3.82. The quantitative estimate of drug-likeness (QED) is 0.783. The second-order valence-electron chi connectivity index (χ2n) is 3.82. The maximum absolute atomic E-state index is 13.3. The van der Waals surface area contributed by atoms with Crippen molar-refractivity contribution in [2.24, 2.45) is 5.92 Å². The van der Waals surface area contributed by atoms with Crippen LogP contribution >= 0.6 is 12.4 Å². The molecule has 1 fully saturated rings. The van der Waals surface area contributed by atoms with E-state index in [1.807, 2.05) is 0 Å². The summed E-state index contributed by atoms with van der Waals surface area (Å²) >= 11 is 0. The first-order valence-electron chi connectivity index (χ1n) is 5.32. The molecule has 1 aliphatic heterocycles. The molecule has 6 heteroatoms. The van der Waals surface area contributed by atoms with Crippen molar-refractivity contribution in [3.63, 3.8) is 0 Å². The van der Waals surface area contributed by atoms with E-state index in [4.69, 9.17) is 0 Å². The van der Waals surface area contributed by atoms with Crippen molar-refractivity contribution in [1.29, 1.82) is 0 Å². The summed E-state index contributed by atoms with van der Waals surface area (Å²) in [5, 5.41) is 3.09. The highest BCUT2D eigenvalue weighted by Crippen LogP contribution is 2.29. The Morgan fingerprint density at radius 3 is 2.50 bits per heavy atom. The van der Waals surface area contributed by atoms with E-state index in [0.717, 1.165) is 13.1 Å². The fourth-order valence-corrected chi connectivity index (χ4v) is 1.77. The van der Waals surface area contributed by atoms with Crippen molar-refractivity contribution < 1.29 is 18.3 Å². The van der Waals surface area contributed by atoms with Gasteiger partial charge in [-0.25, -0.2) is 4.79 Å². The third kappa shape index (κ3) is 4.61. The number of rotatable bonds is 4. The smallest absolute Gasteiger partial charge is 0.376 e. The Bertz CT molecular complexity index is 221. The van der Waals surface area contributed by atoms with Gasteiger partial charge >= 0.3 is 11.9 Å². The van der Waals surface area contributed by atoms with E-state index in [0.29, 0.717) is 12.8 Å². The maximum atomic E-state index is 13.3. The van der Waals surface area contributed by atoms with E-state index in [9.17, 15) is 13.6 Å². The molecule has 1 saturated heterocycles. The monoisotopic (exact) mass is 257 g/mol. The molecule has 3 nitrogen and oxygen atoms in total. The van der Waals surface area contributed by atoms with Gasteiger partial charge in [0.25, 0.3) is 0 Å². The van der Waals surface area contributed by atoms with E-state index in [-0.39, 0.29) is 31.4 Å². The van der Waals surface area contributed by atoms with Gasteiger partial charge in [-0.1, -0.05) is 0 Å². The fraction of sp³-hybridized carbons (Fsp3) is 0.900. The molecule has 1 heterocycles. The molecule has 0 unspecified atom stereocenters. The third-order valence-electron chi connectivity index (χ3n) is 2.58. The first-order chi connectivity index (χ1) is 7.06. The Balaban J connectivity index is 0.00000225. The molecule has 1 N–H and O–H groups in total. The predicted molar refractivity (Wildman–Crippen MR) is 59.0 cm³/mol. The second kappa shape index (κ2) is 7.01. The molecule has 16 heavy (non-hydrogen) atoms. The number of esters is 1. The van der Waals surface area contributed by atoms with Crippen LogP contribution in [0.4, 0.5) is 8.78 Å². The normalized spacial score (nSPS) is 17.7. The minimum absolute atomic E-state index is 0. The van der Waals surface area contributed by atoms with Gasteiger partial charge < -0.3 is 10.1 Å². The Morgan fingerprint density at radius 2 is 2.00 bits per heavy atom. The molecular formula is C10H18ClF2NO2. The van der Waals surface area contributed by atoms with Crippen LogP contribution in [0, 0.1) is 5.92 Å². The van der Waals surface area contributed by atoms with Crippen LogP contribution < -0.4 is 5.32 Å². The highest BCUT2D eigenvalue weighted by Gasteiger charge is 2.42. The first-order valence-corrected chi connectivity index (χ1v) is 5.32. The summed E-state index contributed by atoms with van der Waals surface area (Å²) in [4.78, 5) is 11.0. The Morgan fingerprint density at radius 1 is 1.44 bits per heavy atom. The number of carbonyl (C=O) groups excluding carboxylic acids is 1. The summed E-state index contributed by atoms with van der Waals surface area (Å²) < 4.78 is 30.9. The predicted octanol–water partition coefficient (Wildman–Crippen LogP) is 2.00. The Hall–Kier alpha value is -0.420. The number of nitrogens with one attached hydrogen (secondary N) is 1. The van der Waals surface area contributed by atoms with Crippen molar-refractivity contribution in [3.8, 4) is 0 Å². The van der Waals surface area contributed by atoms with Crippen LogP contribution in [0.25, 0.3) is 0 Å². The highest BCUT2D eigenvalue weighted by atomic mass is 35.5. The van der Waals surface area contributed by atoms with Gasteiger partial charge in [-0.3, -0.25) is 0 Å². The Labute approximate surface area is 100 Å². The van der Waals surface area contributed by atoms with Gasteiger partial charge in [0.15, 0.2) is 0 Å². The van der Waals surface area contributed by atoms with Crippen LogP contribution in [-0.4, -0.2) is 31.6 Å². The molecule has 0 aromatic rings. The van der Waals surface area contributed by atoms with Gasteiger partial charge in [0, 0.05) is 6.42 Å². The molecular weight excluding hydrogens is 240 g/mol. The number of ether oxygens (including phenoxy) is 1. The van der Waals surface area contributed by atoms with Gasteiger partial charge in [-0.2, -0.15) is 8.78 Å². The first kappa shape index (κ1) is 15.6. The zero-order chi connectivity index (χ0) is 11.3. The molecule has 0 amide bonds. The highest BCUT2D eigenvalue weighted by molar-refractivity contribution is 5.85. The SMILES string of the molecule is CCOC(=O)C(F)(F)CC1CCNCC1.Cl. The summed E-state index contributed by atoms with van der Waals surface area (Å²) in [5.74, 6) is -4.79. The zero-order valence-electron chi connectivity index (χ0n) is 9.30. The van der Waals surface area contributed by atoms with Gasteiger partial charge in [0.1, 0.15) is 0 Å².